The average molecular weight is 479 g/mol. The number of rotatable bonds is 10. The Morgan fingerprint density at radius 3 is 2.34 bits per heavy atom. The fraction of sp³-hybridized carbons (Fsp3) is 0.483. The Morgan fingerprint density at radius 2 is 1.71 bits per heavy atom. The van der Waals surface area contributed by atoms with Gasteiger partial charge in [0.05, 0.1) is 18.8 Å². The van der Waals surface area contributed by atoms with Crippen LogP contribution >= 0.6 is 0 Å². The maximum atomic E-state index is 11.2. The van der Waals surface area contributed by atoms with Gasteiger partial charge in [0.15, 0.2) is 6.29 Å². The Balaban J connectivity index is 1.52. The van der Waals surface area contributed by atoms with Crippen molar-refractivity contribution in [3.63, 3.8) is 0 Å². The first-order valence-electron chi connectivity index (χ1n) is 12.7. The average Bonchev–Trinajstić information content (AvgIpc) is 3.42. The smallest absolute Gasteiger partial charge is 0.217 e. The predicted molar refractivity (Wildman–Crippen MR) is 136 cm³/mol. The van der Waals surface area contributed by atoms with Gasteiger partial charge in [0, 0.05) is 44.6 Å². The molecule has 2 aliphatic rings. The molecule has 1 aliphatic heterocycles. The Hall–Kier alpha value is -2.51. The first-order chi connectivity index (χ1) is 17.1. The molecule has 0 radical (unpaired) electrons. The number of nitrogens with one attached hydrogen (secondary N) is 1. The number of carbonyl (C=O) groups is 1. The van der Waals surface area contributed by atoms with Crippen molar-refractivity contribution < 1.29 is 19.4 Å². The molecule has 6 nitrogen and oxygen atoms in total. The van der Waals surface area contributed by atoms with E-state index in [0.717, 1.165) is 41.8 Å². The number of amides is 1. The number of aliphatic hydroxyl groups is 1. The van der Waals surface area contributed by atoms with Crippen LogP contribution in [0.1, 0.15) is 73.7 Å². The van der Waals surface area contributed by atoms with Crippen LogP contribution in [-0.4, -0.2) is 41.1 Å². The fourth-order valence-electron chi connectivity index (χ4n) is 5.12. The van der Waals surface area contributed by atoms with Crippen molar-refractivity contribution in [3.05, 3.63) is 83.4 Å². The van der Waals surface area contributed by atoms with Crippen molar-refractivity contribution in [1.82, 2.24) is 10.2 Å². The Labute approximate surface area is 208 Å². The fourth-order valence-corrected chi connectivity index (χ4v) is 5.12. The zero-order chi connectivity index (χ0) is 24.6. The van der Waals surface area contributed by atoms with E-state index in [1.54, 1.807) is 0 Å². The first kappa shape index (κ1) is 25.6. The summed E-state index contributed by atoms with van der Waals surface area (Å²) in [5, 5.41) is 12.3. The highest BCUT2D eigenvalue weighted by Crippen LogP contribution is 2.38. The summed E-state index contributed by atoms with van der Waals surface area (Å²) in [4.78, 5) is 13.8. The number of hydrogen-bond acceptors (Lipinski definition) is 5. The van der Waals surface area contributed by atoms with Gasteiger partial charge in [-0.25, -0.2) is 0 Å². The lowest BCUT2D eigenvalue weighted by Crippen LogP contribution is -2.43. The molecule has 1 amide bonds. The van der Waals surface area contributed by atoms with Crippen molar-refractivity contribution in [2.45, 2.75) is 76.7 Å². The van der Waals surface area contributed by atoms with Gasteiger partial charge in [0.25, 0.3) is 0 Å². The summed E-state index contributed by atoms with van der Waals surface area (Å²) < 4.78 is 13.0. The van der Waals surface area contributed by atoms with Gasteiger partial charge in [-0.1, -0.05) is 67.4 Å². The van der Waals surface area contributed by atoms with E-state index < -0.39 is 6.29 Å². The molecule has 3 atom stereocenters. The quantitative estimate of drug-likeness (QED) is 0.481. The van der Waals surface area contributed by atoms with E-state index in [4.69, 9.17) is 9.47 Å². The van der Waals surface area contributed by atoms with Crippen LogP contribution in [0, 0.1) is 0 Å². The molecule has 2 aromatic rings. The minimum absolute atomic E-state index is 0.0240. The Bertz CT molecular complexity index is 954. The summed E-state index contributed by atoms with van der Waals surface area (Å²) in [6.07, 6.45) is 7.28. The van der Waals surface area contributed by atoms with E-state index in [1.165, 1.54) is 32.6 Å². The van der Waals surface area contributed by atoms with E-state index in [9.17, 15) is 9.90 Å². The normalized spacial score (nSPS) is 22.9. The van der Waals surface area contributed by atoms with E-state index >= 15 is 0 Å². The van der Waals surface area contributed by atoms with Gasteiger partial charge < -0.3 is 19.9 Å². The lowest BCUT2D eigenvalue weighted by Gasteiger charge is -2.39. The van der Waals surface area contributed by atoms with Gasteiger partial charge in [-0.05, 0) is 29.5 Å². The molecule has 35 heavy (non-hydrogen) atoms. The number of nitrogens with zero attached hydrogens (tertiary/aromatic N) is 1. The number of hydrogen-bond donors (Lipinski definition) is 2. The van der Waals surface area contributed by atoms with Crippen molar-refractivity contribution in [1.29, 1.82) is 0 Å². The van der Waals surface area contributed by atoms with Gasteiger partial charge in [-0.3, -0.25) is 9.69 Å². The summed E-state index contributed by atoms with van der Waals surface area (Å²) >= 11 is 0. The van der Waals surface area contributed by atoms with Gasteiger partial charge in [-0.2, -0.15) is 0 Å². The molecule has 0 unspecified atom stereocenters. The van der Waals surface area contributed by atoms with Crippen LogP contribution in [0.3, 0.4) is 0 Å². The maximum Gasteiger partial charge on any atom is 0.217 e. The standard InChI is InChI=1S/C29H38N2O4/c1-3-16-31(26-6-4-5-7-26)19-27-17-28(24-12-10-23(20-32)11-13-24)35-29(34-27)25-14-8-22(9-15-25)18-30-21(2)33/h3,8-15,26-29,32H,1,4-7,16-20H2,2H3,(H,30,33)/t27-,28+,29+/m1/s1. The maximum absolute atomic E-state index is 11.2. The molecule has 2 N–H and O–H groups in total. The summed E-state index contributed by atoms with van der Waals surface area (Å²) in [6.45, 7) is 7.75. The molecule has 4 rings (SSSR count). The molecular formula is C29H38N2O4. The van der Waals surface area contributed by atoms with Crippen molar-refractivity contribution in [3.8, 4) is 0 Å². The third-order valence-electron chi connectivity index (χ3n) is 7.05. The van der Waals surface area contributed by atoms with Crippen molar-refractivity contribution in [2.75, 3.05) is 13.1 Å². The summed E-state index contributed by atoms with van der Waals surface area (Å²) in [5.74, 6) is -0.0442. The van der Waals surface area contributed by atoms with Crippen LogP contribution < -0.4 is 5.32 Å². The largest absolute Gasteiger partial charge is 0.392 e. The summed E-state index contributed by atoms with van der Waals surface area (Å²) in [6, 6.07) is 16.7. The Morgan fingerprint density at radius 1 is 1.06 bits per heavy atom. The molecule has 1 heterocycles. The summed E-state index contributed by atoms with van der Waals surface area (Å²) in [5.41, 5.74) is 3.99. The third kappa shape index (κ3) is 7.01. The molecule has 2 aromatic carbocycles. The third-order valence-corrected chi connectivity index (χ3v) is 7.05. The van der Waals surface area contributed by atoms with Crippen molar-refractivity contribution in [2.24, 2.45) is 0 Å². The minimum atomic E-state index is -0.472. The molecule has 188 valence electrons. The van der Waals surface area contributed by atoms with E-state index in [1.807, 2.05) is 54.6 Å². The zero-order valence-electron chi connectivity index (χ0n) is 20.7. The van der Waals surface area contributed by atoms with E-state index in [-0.39, 0.29) is 24.7 Å². The Kier molecular flexibility index (Phi) is 9.10. The number of aliphatic hydroxyl groups excluding tert-OH is 1. The first-order valence-corrected chi connectivity index (χ1v) is 12.7. The molecule has 0 bridgehead atoms. The minimum Gasteiger partial charge on any atom is -0.392 e. The number of ether oxygens (including phenoxy) is 2. The van der Waals surface area contributed by atoms with Gasteiger partial charge >= 0.3 is 0 Å². The monoisotopic (exact) mass is 478 g/mol. The molecular weight excluding hydrogens is 440 g/mol. The van der Waals surface area contributed by atoms with Gasteiger partial charge in [0.2, 0.25) is 5.91 Å². The van der Waals surface area contributed by atoms with Crippen LogP contribution in [-0.2, 0) is 27.4 Å². The molecule has 1 saturated heterocycles. The zero-order valence-corrected chi connectivity index (χ0v) is 20.7. The molecule has 2 fully saturated rings. The lowest BCUT2D eigenvalue weighted by atomic mass is 9.99. The van der Waals surface area contributed by atoms with E-state index in [2.05, 4.69) is 16.8 Å². The van der Waals surface area contributed by atoms with Gasteiger partial charge in [0.1, 0.15) is 0 Å². The lowest BCUT2D eigenvalue weighted by molar-refractivity contribution is -0.253. The van der Waals surface area contributed by atoms with Crippen LogP contribution in [0.25, 0.3) is 0 Å². The second-order valence-electron chi connectivity index (χ2n) is 9.68. The van der Waals surface area contributed by atoms with Crippen LogP contribution in [0.2, 0.25) is 0 Å². The molecule has 6 heteroatoms. The highest BCUT2D eigenvalue weighted by molar-refractivity contribution is 5.72. The molecule has 1 aliphatic carbocycles. The highest BCUT2D eigenvalue weighted by atomic mass is 16.7. The molecule has 1 saturated carbocycles. The number of carbonyl (C=O) groups excluding carboxylic acids is 1. The SMILES string of the molecule is C=CCN(C[C@H]1C[C@@H](c2ccc(CO)cc2)O[C@@H](c2ccc(CNC(C)=O)cc2)O1)C1CCCC1. The van der Waals surface area contributed by atoms with Crippen molar-refractivity contribution >= 4 is 5.91 Å². The second kappa shape index (κ2) is 12.5. The van der Waals surface area contributed by atoms with Crippen LogP contribution in [0.5, 0.6) is 0 Å². The highest BCUT2D eigenvalue weighted by Gasteiger charge is 2.34. The predicted octanol–water partition coefficient (Wildman–Crippen LogP) is 4.79. The summed E-state index contributed by atoms with van der Waals surface area (Å²) in [7, 11) is 0. The van der Waals surface area contributed by atoms with Crippen LogP contribution in [0.15, 0.2) is 61.2 Å². The topological polar surface area (TPSA) is 71.0 Å². The van der Waals surface area contributed by atoms with Gasteiger partial charge in [-0.15, -0.1) is 6.58 Å². The van der Waals surface area contributed by atoms with E-state index in [0.29, 0.717) is 12.6 Å². The van der Waals surface area contributed by atoms with Crippen LogP contribution in [0.4, 0.5) is 0 Å². The second-order valence-corrected chi connectivity index (χ2v) is 9.68. The molecule has 0 aromatic heterocycles. The molecule has 0 spiro atoms. The number of benzene rings is 2.